The maximum atomic E-state index is 13.1. The number of halogens is 1. The second-order valence-corrected chi connectivity index (χ2v) is 8.98. The second-order valence-electron chi connectivity index (χ2n) is 6.91. The van der Waals surface area contributed by atoms with Crippen LogP contribution in [0.3, 0.4) is 0 Å². The van der Waals surface area contributed by atoms with Crippen LogP contribution in [0.5, 0.6) is 5.75 Å². The van der Waals surface area contributed by atoms with E-state index in [1.54, 1.807) is 7.11 Å². The first-order valence-electron chi connectivity index (χ1n) is 9.45. The Kier molecular flexibility index (Phi) is 5.96. The molecule has 0 radical (unpaired) electrons. The van der Waals surface area contributed by atoms with Gasteiger partial charge in [-0.05, 0) is 42.8 Å². The Balaban J connectivity index is 1.80. The molecule has 5 nitrogen and oxygen atoms in total. The fourth-order valence-corrected chi connectivity index (χ4v) is 4.56. The third-order valence-electron chi connectivity index (χ3n) is 4.98. The van der Waals surface area contributed by atoms with E-state index in [4.69, 9.17) is 4.74 Å². The fraction of sp³-hybridized carbons (Fsp3) is 0.273. The molecule has 1 N–H and O–H groups in total. The number of hydrogen-bond acceptors (Lipinski definition) is 5. The number of aryl methyl sites for hydroxylation is 1. The first-order chi connectivity index (χ1) is 14.1. The summed E-state index contributed by atoms with van der Waals surface area (Å²) in [5.41, 5.74) is 4.04. The first-order valence-corrected chi connectivity index (χ1v) is 11.4. The summed E-state index contributed by atoms with van der Waals surface area (Å²) in [6, 6.07) is 13.7. The van der Waals surface area contributed by atoms with Crippen molar-refractivity contribution in [3.8, 4) is 5.75 Å². The number of carbonyl (C=O) groups is 1. The summed E-state index contributed by atoms with van der Waals surface area (Å²) in [6.45, 7) is 3.56. The minimum Gasteiger partial charge on any atom is -0.494 e. The highest BCUT2D eigenvalue weighted by atomic mass is 79.9. The molecule has 1 saturated heterocycles. The number of amides is 1. The van der Waals surface area contributed by atoms with Crippen LogP contribution in [0.1, 0.15) is 16.1 Å². The molecule has 3 aromatic rings. The Labute approximate surface area is 183 Å². The van der Waals surface area contributed by atoms with E-state index >= 15 is 0 Å². The van der Waals surface area contributed by atoms with Gasteiger partial charge in [0.1, 0.15) is 17.0 Å². The van der Waals surface area contributed by atoms with Crippen LogP contribution in [0.25, 0.3) is 10.9 Å². The molecule has 1 aromatic heterocycles. The summed E-state index contributed by atoms with van der Waals surface area (Å²) >= 11 is 5.42. The number of nitrogens with zero attached hydrogens (tertiary/aromatic N) is 2. The summed E-state index contributed by atoms with van der Waals surface area (Å²) in [4.78, 5) is 19.7. The number of ether oxygens (including phenoxy) is 1. The molecule has 1 amide bonds. The molecule has 0 unspecified atom stereocenters. The van der Waals surface area contributed by atoms with Crippen molar-refractivity contribution in [3.63, 3.8) is 0 Å². The van der Waals surface area contributed by atoms with Gasteiger partial charge in [0.25, 0.3) is 5.91 Å². The number of hydrogen-bond donors (Lipinski definition) is 1. The van der Waals surface area contributed by atoms with Crippen molar-refractivity contribution >= 4 is 55.9 Å². The Hall–Kier alpha value is -2.25. The Morgan fingerprint density at radius 1 is 1.21 bits per heavy atom. The van der Waals surface area contributed by atoms with E-state index < -0.39 is 0 Å². The molecule has 0 aliphatic carbocycles. The molecule has 0 saturated carbocycles. The van der Waals surface area contributed by atoms with Gasteiger partial charge >= 0.3 is 0 Å². The molecular formula is C22H22BrN3O2S. The molecule has 0 spiro atoms. The molecule has 4 rings (SSSR count). The highest BCUT2D eigenvalue weighted by Crippen LogP contribution is 2.33. The quantitative estimate of drug-likeness (QED) is 0.563. The summed E-state index contributed by atoms with van der Waals surface area (Å²) < 4.78 is 6.58. The molecule has 0 bridgehead atoms. The average Bonchev–Trinajstić information content (AvgIpc) is 2.76. The van der Waals surface area contributed by atoms with Crippen LogP contribution in [-0.2, 0) is 0 Å². The van der Waals surface area contributed by atoms with Gasteiger partial charge in [-0.2, -0.15) is 11.8 Å². The number of nitrogens with one attached hydrogen (secondary N) is 1. The molecular weight excluding hydrogens is 450 g/mol. The number of benzene rings is 2. The van der Waals surface area contributed by atoms with Gasteiger partial charge in [-0.3, -0.25) is 4.79 Å². The van der Waals surface area contributed by atoms with Crippen LogP contribution in [0.2, 0.25) is 0 Å². The standard InChI is InChI=1S/C22H22BrN3O2S/c1-14-12-15(6-7-17(14)23)24-18-13-19(22(27)26-8-10-29-11-9-26)25-21-16(18)4-3-5-20(21)28-2/h3-7,12-13H,8-11H2,1-2H3,(H,24,25). The number of carbonyl (C=O) groups excluding carboxylic acids is 1. The Bertz CT molecular complexity index is 1070. The number of anilines is 2. The van der Waals surface area contributed by atoms with E-state index in [9.17, 15) is 4.79 Å². The van der Waals surface area contributed by atoms with Crippen molar-refractivity contribution in [2.24, 2.45) is 0 Å². The van der Waals surface area contributed by atoms with E-state index in [-0.39, 0.29) is 5.91 Å². The zero-order chi connectivity index (χ0) is 20.4. The molecule has 1 aliphatic heterocycles. The van der Waals surface area contributed by atoms with Crippen LogP contribution in [0.4, 0.5) is 11.4 Å². The average molecular weight is 472 g/mol. The van der Waals surface area contributed by atoms with Gasteiger partial charge in [0.2, 0.25) is 0 Å². The van der Waals surface area contributed by atoms with Crippen molar-refractivity contribution in [3.05, 3.63) is 58.2 Å². The molecule has 1 fully saturated rings. The minimum absolute atomic E-state index is 0.0341. The zero-order valence-electron chi connectivity index (χ0n) is 16.4. The maximum Gasteiger partial charge on any atom is 0.272 e. The third-order valence-corrected chi connectivity index (χ3v) is 6.81. The third kappa shape index (κ3) is 4.21. The number of para-hydroxylation sites is 1. The summed E-state index contributed by atoms with van der Waals surface area (Å²) in [5.74, 6) is 2.55. The van der Waals surface area contributed by atoms with E-state index in [1.165, 1.54) is 0 Å². The number of fused-ring (bicyclic) bond motifs is 1. The minimum atomic E-state index is -0.0341. The topological polar surface area (TPSA) is 54.5 Å². The van der Waals surface area contributed by atoms with Gasteiger partial charge in [-0.1, -0.05) is 28.1 Å². The van der Waals surface area contributed by atoms with Crippen molar-refractivity contribution < 1.29 is 9.53 Å². The predicted octanol–water partition coefficient (Wildman–Crippen LogP) is 5.25. The highest BCUT2D eigenvalue weighted by molar-refractivity contribution is 9.10. The van der Waals surface area contributed by atoms with Gasteiger partial charge in [0.05, 0.1) is 12.8 Å². The Morgan fingerprint density at radius 3 is 2.72 bits per heavy atom. The van der Waals surface area contributed by atoms with E-state index in [2.05, 4.69) is 32.3 Å². The van der Waals surface area contributed by atoms with E-state index in [1.807, 2.05) is 60.0 Å². The van der Waals surface area contributed by atoms with Crippen molar-refractivity contribution in [1.82, 2.24) is 9.88 Å². The maximum absolute atomic E-state index is 13.1. The van der Waals surface area contributed by atoms with Crippen molar-refractivity contribution in [1.29, 1.82) is 0 Å². The van der Waals surface area contributed by atoms with Gasteiger partial charge in [0.15, 0.2) is 0 Å². The van der Waals surface area contributed by atoms with Crippen LogP contribution < -0.4 is 10.1 Å². The van der Waals surface area contributed by atoms with Crippen LogP contribution in [-0.4, -0.2) is 47.5 Å². The molecule has 150 valence electrons. The lowest BCUT2D eigenvalue weighted by atomic mass is 10.1. The predicted molar refractivity (Wildman–Crippen MR) is 124 cm³/mol. The summed E-state index contributed by atoms with van der Waals surface area (Å²) in [5, 5.41) is 4.39. The van der Waals surface area contributed by atoms with Gasteiger partial charge in [0, 0.05) is 40.1 Å². The first kappa shape index (κ1) is 20.0. The number of pyridine rings is 1. The number of aromatic nitrogens is 1. The molecule has 1 aliphatic rings. The normalized spacial score (nSPS) is 14.1. The number of rotatable bonds is 4. The summed E-state index contributed by atoms with van der Waals surface area (Å²) in [6.07, 6.45) is 0. The summed E-state index contributed by atoms with van der Waals surface area (Å²) in [7, 11) is 1.62. The molecule has 2 heterocycles. The lowest BCUT2D eigenvalue weighted by molar-refractivity contribution is 0.0767. The van der Waals surface area contributed by atoms with Gasteiger partial charge in [-0.25, -0.2) is 4.98 Å². The monoisotopic (exact) mass is 471 g/mol. The fourth-order valence-electron chi connectivity index (χ4n) is 3.41. The van der Waals surface area contributed by atoms with Gasteiger partial charge in [-0.15, -0.1) is 0 Å². The lowest BCUT2D eigenvalue weighted by Gasteiger charge is -2.26. The number of methoxy groups -OCH3 is 1. The highest BCUT2D eigenvalue weighted by Gasteiger charge is 2.22. The van der Waals surface area contributed by atoms with E-state index in [0.29, 0.717) is 17.0 Å². The Morgan fingerprint density at radius 2 is 2.00 bits per heavy atom. The zero-order valence-corrected chi connectivity index (χ0v) is 18.8. The van der Waals surface area contributed by atoms with Crippen molar-refractivity contribution in [2.75, 3.05) is 37.0 Å². The lowest BCUT2D eigenvalue weighted by Crippen LogP contribution is -2.38. The second kappa shape index (κ2) is 8.63. The SMILES string of the molecule is COc1cccc2c(Nc3ccc(Br)c(C)c3)cc(C(=O)N3CCSCC3)nc12. The molecule has 0 atom stereocenters. The number of thioether (sulfide) groups is 1. The largest absolute Gasteiger partial charge is 0.494 e. The molecule has 2 aromatic carbocycles. The van der Waals surface area contributed by atoms with Crippen LogP contribution in [0.15, 0.2) is 46.9 Å². The van der Waals surface area contributed by atoms with Crippen molar-refractivity contribution in [2.45, 2.75) is 6.92 Å². The van der Waals surface area contributed by atoms with Crippen LogP contribution in [0, 0.1) is 6.92 Å². The smallest absolute Gasteiger partial charge is 0.272 e. The van der Waals surface area contributed by atoms with Crippen LogP contribution >= 0.6 is 27.7 Å². The van der Waals surface area contributed by atoms with E-state index in [0.717, 1.165) is 51.4 Å². The molecule has 29 heavy (non-hydrogen) atoms. The molecule has 7 heteroatoms. The van der Waals surface area contributed by atoms with Gasteiger partial charge < -0.3 is 15.0 Å².